The van der Waals surface area contributed by atoms with Gasteiger partial charge in [0, 0.05) is 25.7 Å². The van der Waals surface area contributed by atoms with E-state index in [1.165, 1.54) is 12.8 Å². The molecule has 1 aliphatic carbocycles. The highest BCUT2D eigenvalue weighted by atomic mass is 15.3. The molecule has 0 aromatic rings. The van der Waals surface area contributed by atoms with Gasteiger partial charge in [0.15, 0.2) is 0 Å². The number of nitrogens with one attached hydrogen (secondary N) is 2. The predicted molar refractivity (Wildman–Crippen MR) is 72.8 cm³/mol. The summed E-state index contributed by atoms with van der Waals surface area (Å²) in [5.74, 6) is 6.13. The molecule has 4 N–H and O–H groups in total. The van der Waals surface area contributed by atoms with Gasteiger partial charge in [-0.05, 0) is 25.8 Å². The maximum absolute atomic E-state index is 5.42. The summed E-state index contributed by atoms with van der Waals surface area (Å²) < 4.78 is 0. The standard InChI is InChI=1S/C12H27N5/c1-3-5-8-14-12(16-13)15-9-10-17(4-2)11-6-7-11/h11H,3-10,13H2,1-2H3,(H2,14,15,16). The lowest BCUT2D eigenvalue weighted by atomic mass is 10.3. The molecule has 0 unspecified atom stereocenters. The first-order valence-electron chi connectivity index (χ1n) is 6.80. The molecule has 0 bridgehead atoms. The molecule has 0 atom stereocenters. The fourth-order valence-corrected chi connectivity index (χ4v) is 1.86. The van der Waals surface area contributed by atoms with E-state index >= 15 is 0 Å². The summed E-state index contributed by atoms with van der Waals surface area (Å²) in [7, 11) is 0. The van der Waals surface area contributed by atoms with Gasteiger partial charge in [0.1, 0.15) is 0 Å². The number of hydrogen-bond donors (Lipinski definition) is 3. The lowest BCUT2D eigenvalue weighted by Gasteiger charge is -2.20. The number of guanidine groups is 1. The van der Waals surface area contributed by atoms with Gasteiger partial charge in [-0.3, -0.25) is 15.3 Å². The lowest BCUT2D eigenvalue weighted by Crippen LogP contribution is -2.45. The van der Waals surface area contributed by atoms with Crippen LogP contribution in [0.1, 0.15) is 39.5 Å². The van der Waals surface area contributed by atoms with E-state index < -0.39 is 0 Å². The number of aliphatic imine (C=N–C) groups is 1. The Balaban J connectivity index is 2.15. The van der Waals surface area contributed by atoms with Gasteiger partial charge in [0.05, 0.1) is 0 Å². The number of hydrogen-bond acceptors (Lipinski definition) is 3. The number of hydrazine groups is 1. The smallest absolute Gasteiger partial charge is 0.205 e. The second kappa shape index (κ2) is 8.31. The molecule has 1 aliphatic rings. The SMILES string of the molecule is CCCCN=C(NN)NCCN(CC)C1CC1. The van der Waals surface area contributed by atoms with E-state index in [0.29, 0.717) is 5.96 Å². The molecule has 17 heavy (non-hydrogen) atoms. The molecule has 0 aromatic heterocycles. The zero-order valence-electron chi connectivity index (χ0n) is 11.2. The Morgan fingerprint density at radius 3 is 2.71 bits per heavy atom. The normalized spacial score (nSPS) is 16.4. The van der Waals surface area contributed by atoms with Gasteiger partial charge in [-0.1, -0.05) is 20.3 Å². The Kier molecular flexibility index (Phi) is 6.96. The van der Waals surface area contributed by atoms with Gasteiger partial charge in [0.25, 0.3) is 0 Å². The van der Waals surface area contributed by atoms with Crippen molar-refractivity contribution in [3.8, 4) is 0 Å². The van der Waals surface area contributed by atoms with E-state index in [1.54, 1.807) is 0 Å². The first-order chi connectivity index (χ1) is 8.31. The maximum Gasteiger partial charge on any atom is 0.205 e. The van der Waals surface area contributed by atoms with Crippen molar-refractivity contribution in [1.82, 2.24) is 15.6 Å². The molecule has 5 nitrogen and oxygen atoms in total. The molecular formula is C12H27N5. The van der Waals surface area contributed by atoms with Crippen LogP contribution < -0.4 is 16.6 Å². The molecule has 0 aliphatic heterocycles. The van der Waals surface area contributed by atoms with Crippen LogP contribution in [-0.4, -0.2) is 43.1 Å². The zero-order valence-corrected chi connectivity index (χ0v) is 11.2. The molecule has 0 radical (unpaired) electrons. The van der Waals surface area contributed by atoms with Crippen molar-refractivity contribution in [1.29, 1.82) is 0 Å². The van der Waals surface area contributed by atoms with E-state index in [0.717, 1.165) is 45.1 Å². The topological polar surface area (TPSA) is 65.7 Å². The van der Waals surface area contributed by atoms with E-state index in [-0.39, 0.29) is 0 Å². The Bertz CT molecular complexity index is 225. The molecular weight excluding hydrogens is 214 g/mol. The van der Waals surface area contributed by atoms with Crippen molar-refractivity contribution in [3.05, 3.63) is 0 Å². The second-order valence-corrected chi connectivity index (χ2v) is 4.51. The Morgan fingerprint density at radius 1 is 1.41 bits per heavy atom. The van der Waals surface area contributed by atoms with Crippen molar-refractivity contribution in [3.63, 3.8) is 0 Å². The van der Waals surface area contributed by atoms with Crippen LogP contribution in [-0.2, 0) is 0 Å². The van der Waals surface area contributed by atoms with Gasteiger partial charge in [-0.25, -0.2) is 5.84 Å². The van der Waals surface area contributed by atoms with Gasteiger partial charge in [-0.15, -0.1) is 0 Å². The highest BCUT2D eigenvalue weighted by Crippen LogP contribution is 2.25. The third-order valence-electron chi connectivity index (χ3n) is 3.08. The molecule has 0 amide bonds. The van der Waals surface area contributed by atoms with Gasteiger partial charge in [-0.2, -0.15) is 0 Å². The van der Waals surface area contributed by atoms with Crippen molar-refractivity contribution in [2.75, 3.05) is 26.2 Å². The van der Waals surface area contributed by atoms with E-state index in [2.05, 4.69) is 34.5 Å². The van der Waals surface area contributed by atoms with Crippen molar-refractivity contribution in [2.24, 2.45) is 10.8 Å². The minimum absolute atomic E-state index is 0.713. The van der Waals surface area contributed by atoms with Gasteiger partial charge in [0.2, 0.25) is 5.96 Å². The summed E-state index contributed by atoms with van der Waals surface area (Å²) >= 11 is 0. The van der Waals surface area contributed by atoms with E-state index in [9.17, 15) is 0 Å². The number of unbranched alkanes of at least 4 members (excludes halogenated alkanes) is 1. The zero-order chi connectivity index (χ0) is 12.5. The van der Waals surface area contributed by atoms with Crippen LogP contribution in [0.4, 0.5) is 0 Å². The maximum atomic E-state index is 5.42. The predicted octanol–water partition coefficient (Wildman–Crippen LogP) is 0.680. The average Bonchev–Trinajstić information content (AvgIpc) is 3.17. The Labute approximate surface area is 105 Å². The lowest BCUT2D eigenvalue weighted by molar-refractivity contribution is 0.282. The summed E-state index contributed by atoms with van der Waals surface area (Å²) in [4.78, 5) is 6.87. The quantitative estimate of drug-likeness (QED) is 0.192. The first-order valence-corrected chi connectivity index (χ1v) is 6.80. The second-order valence-electron chi connectivity index (χ2n) is 4.51. The molecule has 1 saturated carbocycles. The van der Waals surface area contributed by atoms with Crippen molar-refractivity contribution < 1.29 is 0 Å². The Hall–Kier alpha value is -0.810. The van der Waals surface area contributed by atoms with Crippen LogP contribution in [0.5, 0.6) is 0 Å². The molecule has 0 spiro atoms. The van der Waals surface area contributed by atoms with Crippen LogP contribution in [0.25, 0.3) is 0 Å². The molecule has 0 heterocycles. The monoisotopic (exact) mass is 241 g/mol. The van der Waals surface area contributed by atoms with Gasteiger partial charge >= 0.3 is 0 Å². The molecule has 5 heteroatoms. The van der Waals surface area contributed by atoms with Crippen molar-refractivity contribution in [2.45, 2.75) is 45.6 Å². The highest BCUT2D eigenvalue weighted by Gasteiger charge is 2.27. The van der Waals surface area contributed by atoms with Crippen LogP contribution in [0.2, 0.25) is 0 Å². The fraction of sp³-hybridized carbons (Fsp3) is 0.917. The fourth-order valence-electron chi connectivity index (χ4n) is 1.86. The minimum atomic E-state index is 0.713. The number of rotatable bonds is 8. The first kappa shape index (κ1) is 14.3. The van der Waals surface area contributed by atoms with E-state index in [4.69, 9.17) is 5.84 Å². The summed E-state index contributed by atoms with van der Waals surface area (Å²) in [5.41, 5.74) is 2.62. The summed E-state index contributed by atoms with van der Waals surface area (Å²) in [6, 6.07) is 0.827. The molecule has 0 saturated heterocycles. The number of nitrogens with two attached hydrogens (primary N) is 1. The van der Waals surface area contributed by atoms with Gasteiger partial charge < -0.3 is 5.32 Å². The minimum Gasteiger partial charge on any atom is -0.354 e. The van der Waals surface area contributed by atoms with Crippen LogP contribution in [0.15, 0.2) is 4.99 Å². The molecule has 0 aromatic carbocycles. The van der Waals surface area contributed by atoms with Crippen LogP contribution in [0.3, 0.4) is 0 Å². The Morgan fingerprint density at radius 2 is 2.18 bits per heavy atom. The molecule has 100 valence electrons. The largest absolute Gasteiger partial charge is 0.354 e. The highest BCUT2D eigenvalue weighted by molar-refractivity contribution is 5.79. The van der Waals surface area contributed by atoms with E-state index in [1.807, 2.05) is 0 Å². The third-order valence-corrected chi connectivity index (χ3v) is 3.08. The summed E-state index contributed by atoms with van der Waals surface area (Å²) in [6.45, 7) is 8.31. The van der Waals surface area contributed by atoms with Crippen molar-refractivity contribution >= 4 is 5.96 Å². The number of nitrogens with zero attached hydrogens (tertiary/aromatic N) is 2. The average molecular weight is 241 g/mol. The van der Waals surface area contributed by atoms with Crippen LogP contribution >= 0.6 is 0 Å². The molecule has 1 rings (SSSR count). The summed E-state index contributed by atoms with van der Waals surface area (Å²) in [5, 5.41) is 3.25. The summed E-state index contributed by atoms with van der Waals surface area (Å²) in [6.07, 6.45) is 4.99. The third kappa shape index (κ3) is 5.89. The molecule has 1 fully saturated rings. The number of likely N-dealkylation sites (N-methyl/N-ethyl adjacent to an activating group) is 1. The van der Waals surface area contributed by atoms with Crippen LogP contribution in [0, 0.1) is 0 Å².